The van der Waals surface area contributed by atoms with Crippen molar-refractivity contribution in [2.75, 3.05) is 31.4 Å². The third-order valence-corrected chi connectivity index (χ3v) is 3.73. The van der Waals surface area contributed by atoms with Gasteiger partial charge in [0.05, 0.1) is 19.9 Å². The molecule has 0 radical (unpaired) electrons. The number of hydrogen-bond donors (Lipinski definition) is 2. The zero-order valence-electron chi connectivity index (χ0n) is 13.1. The lowest BCUT2D eigenvalue weighted by Crippen LogP contribution is -2.16. The molecule has 2 aromatic carbocycles. The first kappa shape index (κ1) is 17.1. The summed E-state index contributed by atoms with van der Waals surface area (Å²) in [6.45, 7) is 0.505. The maximum atomic E-state index is 11.9. The average molecular weight is 379 g/mol. The van der Waals surface area contributed by atoms with Crippen LogP contribution in [0.3, 0.4) is 0 Å². The first-order valence-electron chi connectivity index (χ1n) is 7.13. The van der Waals surface area contributed by atoms with Gasteiger partial charge in [0, 0.05) is 29.2 Å². The molecule has 5 nitrogen and oxygen atoms in total. The highest BCUT2D eigenvalue weighted by molar-refractivity contribution is 9.10. The number of nitrogens with one attached hydrogen (secondary N) is 2. The Morgan fingerprint density at radius 3 is 2.48 bits per heavy atom. The van der Waals surface area contributed by atoms with Gasteiger partial charge in [-0.05, 0) is 36.4 Å². The summed E-state index contributed by atoms with van der Waals surface area (Å²) < 4.78 is 11.4. The molecule has 122 valence electrons. The number of amides is 1. The van der Waals surface area contributed by atoms with Crippen LogP contribution >= 0.6 is 15.9 Å². The minimum Gasteiger partial charge on any atom is -0.497 e. The average Bonchev–Trinajstić information content (AvgIpc) is 2.57. The minimum absolute atomic E-state index is 0.0488. The molecule has 2 aromatic rings. The van der Waals surface area contributed by atoms with Crippen LogP contribution in [0.2, 0.25) is 0 Å². The van der Waals surface area contributed by atoms with E-state index in [0.29, 0.717) is 18.7 Å². The number of carbonyl (C=O) groups excluding carboxylic acids is 1. The number of halogens is 1. The van der Waals surface area contributed by atoms with Crippen LogP contribution in [-0.4, -0.2) is 26.7 Å². The van der Waals surface area contributed by atoms with Crippen molar-refractivity contribution >= 4 is 33.2 Å². The predicted octanol–water partition coefficient (Wildman–Crippen LogP) is 3.91. The van der Waals surface area contributed by atoms with E-state index in [0.717, 1.165) is 21.6 Å². The molecule has 6 heteroatoms. The molecular weight excluding hydrogens is 360 g/mol. The van der Waals surface area contributed by atoms with Crippen molar-refractivity contribution in [3.63, 3.8) is 0 Å². The molecule has 0 spiro atoms. The molecule has 0 aromatic heterocycles. The normalized spacial score (nSPS) is 10.0. The van der Waals surface area contributed by atoms with Gasteiger partial charge < -0.3 is 20.1 Å². The van der Waals surface area contributed by atoms with Crippen LogP contribution in [0.4, 0.5) is 11.4 Å². The van der Waals surface area contributed by atoms with Crippen molar-refractivity contribution < 1.29 is 14.3 Å². The second-order valence-electron chi connectivity index (χ2n) is 4.80. The molecular formula is C17H19BrN2O3. The van der Waals surface area contributed by atoms with Crippen LogP contribution in [0, 0.1) is 0 Å². The number of benzene rings is 2. The molecule has 0 saturated heterocycles. The van der Waals surface area contributed by atoms with Crippen molar-refractivity contribution in [3.05, 3.63) is 46.9 Å². The van der Waals surface area contributed by atoms with Crippen molar-refractivity contribution in [2.24, 2.45) is 0 Å². The van der Waals surface area contributed by atoms with E-state index >= 15 is 0 Å². The fourth-order valence-electron chi connectivity index (χ4n) is 2.01. The molecule has 0 aliphatic rings. The SMILES string of the molecule is COc1ccc(NCCC(=O)Nc2ccc(Br)cc2)c(OC)c1. The summed E-state index contributed by atoms with van der Waals surface area (Å²) >= 11 is 3.36. The lowest BCUT2D eigenvalue weighted by atomic mass is 10.2. The van der Waals surface area contributed by atoms with Gasteiger partial charge in [-0.3, -0.25) is 4.79 Å². The Bertz CT molecular complexity index is 659. The molecule has 0 atom stereocenters. The first-order chi connectivity index (χ1) is 11.1. The maximum absolute atomic E-state index is 11.9. The van der Waals surface area contributed by atoms with Crippen molar-refractivity contribution in [1.29, 1.82) is 0 Å². The topological polar surface area (TPSA) is 59.6 Å². The highest BCUT2D eigenvalue weighted by Gasteiger charge is 2.06. The molecule has 0 heterocycles. The Morgan fingerprint density at radius 2 is 1.83 bits per heavy atom. The molecule has 2 rings (SSSR count). The standard InChI is InChI=1S/C17H19BrN2O3/c1-22-14-7-8-15(16(11-14)23-2)19-10-9-17(21)20-13-5-3-12(18)4-6-13/h3-8,11,19H,9-10H2,1-2H3,(H,20,21). The molecule has 0 fully saturated rings. The van der Waals surface area contributed by atoms with Crippen LogP contribution in [0.15, 0.2) is 46.9 Å². The van der Waals surface area contributed by atoms with E-state index in [1.807, 2.05) is 36.4 Å². The zero-order valence-corrected chi connectivity index (χ0v) is 14.6. The number of rotatable bonds is 7. The molecule has 0 unspecified atom stereocenters. The third kappa shape index (κ3) is 5.17. The van der Waals surface area contributed by atoms with Crippen LogP contribution in [0.1, 0.15) is 6.42 Å². The molecule has 0 saturated carbocycles. The van der Waals surface area contributed by atoms with Gasteiger partial charge >= 0.3 is 0 Å². The Balaban J connectivity index is 1.84. The Morgan fingerprint density at radius 1 is 1.09 bits per heavy atom. The first-order valence-corrected chi connectivity index (χ1v) is 7.93. The largest absolute Gasteiger partial charge is 0.497 e. The van der Waals surface area contributed by atoms with E-state index in [1.54, 1.807) is 20.3 Å². The van der Waals surface area contributed by atoms with Crippen molar-refractivity contribution in [1.82, 2.24) is 0 Å². The van der Waals surface area contributed by atoms with E-state index in [2.05, 4.69) is 26.6 Å². The summed E-state index contributed by atoms with van der Waals surface area (Å²) in [5, 5.41) is 6.04. The van der Waals surface area contributed by atoms with Gasteiger partial charge in [0.25, 0.3) is 0 Å². The summed E-state index contributed by atoms with van der Waals surface area (Å²) in [4.78, 5) is 11.9. The summed E-state index contributed by atoms with van der Waals surface area (Å²) in [6, 6.07) is 13.0. The number of carbonyl (C=O) groups is 1. The smallest absolute Gasteiger partial charge is 0.226 e. The molecule has 2 N–H and O–H groups in total. The van der Waals surface area contributed by atoms with E-state index in [1.165, 1.54) is 0 Å². The van der Waals surface area contributed by atoms with Crippen LogP contribution in [-0.2, 0) is 4.79 Å². The summed E-state index contributed by atoms with van der Waals surface area (Å²) in [5.74, 6) is 1.35. The van der Waals surface area contributed by atoms with Crippen LogP contribution in [0.5, 0.6) is 11.5 Å². The number of methoxy groups -OCH3 is 2. The zero-order chi connectivity index (χ0) is 16.7. The molecule has 0 aliphatic carbocycles. The van der Waals surface area contributed by atoms with Crippen LogP contribution < -0.4 is 20.1 Å². The fourth-order valence-corrected chi connectivity index (χ4v) is 2.28. The highest BCUT2D eigenvalue weighted by Crippen LogP contribution is 2.28. The Hall–Kier alpha value is -2.21. The molecule has 0 bridgehead atoms. The quantitative estimate of drug-likeness (QED) is 0.766. The number of hydrogen-bond acceptors (Lipinski definition) is 4. The summed E-state index contributed by atoms with van der Waals surface area (Å²) in [6.07, 6.45) is 0.352. The summed E-state index contributed by atoms with van der Waals surface area (Å²) in [7, 11) is 3.20. The van der Waals surface area contributed by atoms with Crippen molar-refractivity contribution in [3.8, 4) is 11.5 Å². The fraction of sp³-hybridized carbons (Fsp3) is 0.235. The lowest BCUT2D eigenvalue weighted by molar-refractivity contribution is -0.115. The monoisotopic (exact) mass is 378 g/mol. The Labute approximate surface area is 144 Å². The van der Waals surface area contributed by atoms with E-state index in [9.17, 15) is 4.79 Å². The second kappa shape index (κ2) is 8.43. The lowest BCUT2D eigenvalue weighted by Gasteiger charge is -2.12. The van der Waals surface area contributed by atoms with Crippen LogP contribution in [0.25, 0.3) is 0 Å². The number of anilines is 2. The highest BCUT2D eigenvalue weighted by atomic mass is 79.9. The van der Waals surface area contributed by atoms with Gasteiger partial charge in [0.1, 0.15) is 11.5 Å². The van der Waals surface area contributed by atoms with Gasteiger partial charge in [-0.1, -0.05) is 15.9 Å². The molecule has 0 aliphatic heterocycles. The van der Waals surface area contributed by atoms with E-state index < -0.39 is 0 Å². The third-order valence-electron chi connectivity index (χ3n) is 3.20. The van der Waals surface area contributed by atoms with E-state index in [4.69, 9.17) is 9.47 Å². The predicted molar refractivity (Wildman–Crippen MR) is 95.4 cm³/mol. The van der Waals surface area contributed by atoms with Gasteiger partial charge in [-0.15, -0.1) is 0 Å². The van der Waals surface area contributed by atoms with Gasteiger partial charge in [0.15, 0.2) is 0 Å². The maximum Gasteiger partial charge on any atom is 0.226 e. The Kier molecular flexibility index (Phi) is 6.29. The molecule has 1 amide bonds. The van der Waals surface area contributed by atoms with Gasteiger partial charge in [-0.25, -0.2) is 0 Å². The minimum atomic E-state index is -0.0488. The van der Waals surface area contributed by atoms with Gasteiger partial charge in [0.2, 0.25) is 5.91 Å². The molecule has 23 heavy (non-hydrogen) atoms. The summed E-state index contributed by atoms with van der Waals surface area (Å²) in [5.41, 5.74) is 1.60. The van der Waals surface area contributed by atoms with Gasteiger partial charge in [-0.2, -0.15) is 0 Å². The second-order valence-corrected chi connectivity index (χ2v) is 5.71. The number of ether oxygens (including phenoxy) is 2. The van der Waals surface area contributed by atoms with E-state index in [-0.39, 0.29) is 5.91 Å². The van der Waals surface area contributed by atoms with Crippen molar-refractivity contribution in [2.45, 2.75) is 6.42 Å².